The molecule has 0 saturated heterocycles. The molecule has 0 N–H and O–H groups in total. The molecule has 13 heteroatoms. The van der Waals surface area contributed by atoms with E-state index in [2.05, 4.69) is 0 Å². The van der Waals surface area contributed by atoms with Crippen molar-refractivity contribution < 1.29 is 36.6 Å². The van der Waals surface area contributed by atoms with Crippen LogP contribution in [-0.4, -0.2) is 27.8 Å². The lowest BCUT2D eigenvalue weighted by molar-refractivity contribution is -0.150. The molecular formula is C28H21F4N3O6. The topological polar surface area (TPSA) is 113 Å². The van der Waals surface area contributed by atoms with Crippen LogP contribution in [0.4, 0.5) is 17.6 Å². The summed E-state index contributed by atoms with van der Waals surface area (Å²) >= 11 is 0. The third-order valence-corrected chi connectivity index (χ3v) is 5.96. The molecule has 1 atom stereocenters. The van der Waals surface area contributed by atoms with Gasteiger partial charge in [-0.1, -0.05) is 12.1 Å². The molecule has 0 aliphatic carbocycles. The average Bonchev–Trinajstić information content (AvgIpc) is 2.91. The van der Waals surface area contributed by atoms with E-state index in [-0.39, 0.29) is 38.9 Å². The molecule has 0 aliphatic rings. The Balaban J connectivity index is 1.70. The van der Waals surface area contributed by atoms with E-state index in [1.165, 1.54) is 6.07 Å². The summed E-state index contributed by atoms with van der Waals surface area (Å²) in [5, 5.41) is 10.9. The molecule has 3 aromatic carbocycles. The number of ether oxygens (including phenoxy) is 3. The van der Waals surface area contributed by atoms with Crippen LogP contribution in [0.1, 0.15) is 25.1 Å². The molecular weight excluding hydrogens is 550 g/mol. The Morgan fingerprint density at radius 1 is 1.02 bits per heavy atom. The zero-order chi connectivity index (χ0) is 30.1. The Hall–Kier alpha value is -5.12. The number of benzene rings is 3. The van der Waals surface area contributed by atoms with Crippen molar-refractivity contribution in [1.29, 1.82) is 5.26 Å². The van der Waals surface area contributed by atoms with Crippen molar-refractivity contribution in [1.82, 2.24) is 9.13 Å². The van der Waals surface area contributed by atoms with E-state index in [0.29, 0.717) is 22.6 Å². The van der Waals surface area contributed by atoms with Gasteiger partial charge >= 0.3 is 17.8 Å². The fourth-order valence-corrected chi connectivity index (χ4v) is 3.98. The van der Waals surface area contributed by atoms with Crippen LogP contribution in [0.3, 0.4) is 0 Å². The minimum absolute atomic E-state index is 0.175. The van der Waals surface area contributed by atoms with Gasteiger partial charge in [0.05, 0.1) is 17.9 Å². The average molecular weight is 571 g/mol. The van der Waals surface area contributed by atoms with Crippen LogP contribution in [-0.2, 0) is 22.8 Å². The van der Waals surface area contributed by atoms with Crippen LogP contribution in [0.25, 0.3) is 16.5 Å². The maximum Gasteiger partial charge on any atom is 0.431 e. The van der Waals surface area contributed by atoms with Gasteiger partial charge in [0.1, 0.15) is 34.8 Å². The smallest absolute Gasteiger partial charge is 0.431 e. The highest BCUT2D eigenvalue weighted by atomic mass is 19.4. The van der Waals surface area contributed by atoms with Crippen LogP contribution in [0.5, 0.6) is 17.2 Å². The first-order valence-electron chi connectivity index (χ1n) is 12.0. The molecule has 1 aromatic heterocycles. The minimum atomic E-state index is -4.99. The van der Waals surface area contributed by atoms with Crippen LogP contribution in [0.2, 0.25) is 0 Å². The van der Waals surface area contributed by atoms with Crippen molar-refractivity contribution in [2.45, 2.75) is 26.1 Å². The molecule has 1 unspecified atom stereocenters. The summed E-state index contributed by atoms with van der Waals surface area (Å²) in [7, 11) is 0.795. The van der Waals surface area contributed by atoms with Crippen molar-refractivity contribution in [2.24, 2.45) is 7.05 Å². The van der Waals surface area contributed by atoms with E-state index in [4.69, 9.17) is 14.2 Å². The Bertz CT molecular complexity index is 1820. The van der Waals surface area contributed by atoms with Gasteiger partial charge in [0.2, 0.25) is 0 Å². The quantitative estimate of drug-likeness (QED) is 0.230. The van der Waals surface area contributed by atoms with E-state index >= 15 is 0 Å². The van der Waals surface area contributed by atoms with Gasteiger partial charge in [-0.2, -0.15) is 18.4 Å². The Morgan fingerprint density at radius 3 is 2.27 bits per heavy atom. The van der Waals surface area contributed by atoms with E-state index in [0.717, 1.165) is 13.1 Å². The standard InChI is InChI=1S/C28H21F4N3O6/c1-4-39-26(37)15(2)40-19-7-5-17-10-20(8-6-16(17)9-19)41-23-12-22(21(29)11-18(23)14-33)35-25(36)13-24(28(30,31)32)34(3)27(35)38/h5-13,15H,4H2,1-3H3. The first kappa shape index (κ1) is 28.9. The first-order valence-corrected chi connectivity index (χ1v) is 12.0. The highest BCUT2D eigenvalue weighted by Gasteiger charge is 2.35. The number of hydrogen-bond donors (Lipinski definition) is 0. The highest BCUT2D eigenvalue weighted by molar-refractivity contribution is 5.85. The number of aromatic nitrogens is 2. The number of carbonyl (C=O) groups is 1. The Labute approximate surface area is 229 Å². The van der Waals surface area contributed by atoms with E-state index in [1.807, 2.05) is 0 Å². The minimum Gasteiger partial charge on any atom is -0.479 e. The van der Waals surface area contributed by atoms with Gasteiger partial charge in [0.25, 0.3) is 5.56 Å². The maximum absolute atomic E-state index is 14.9. The van der Waals surface area contributed by atoms with Gasteiger partial charge in [-0.3, -0.25) is 9.36 Å². The molecule has 4 aromatic rings. The monoisotopic (exact) mass is 571 g/mol. The molecule has 0 bridgehead atoms. The fraction of sp³-hybridized carbons (Fsp3) is 0.214. The first-order chi connectivity index (χ1) is 19.3. The number of hydrogen-bond acceptors (Lipinski definition) is 7. The third kappa shape index (κ3) is 5.91. The molecule has 0 spiro atoms. The predicted octanol–water partition coefficient (Wildman–Crippen LogP) is 4.84. The SMILES string of the molecule is CCOC(=O)C(C)Oc1ccc2cc(Oc3cc(-n4c(=O)cc(C(F)(F)F)n(C)c4=O)c(F)cc3C#N)ccc2c1. The van der Waals surface area contributed by atoms with Crippen molar-refractivity contribution >= 4 is 16.7 Å². The molecule has 0 aliphatic heterocycles. The molecule has 4 rings (SSSR count). The van der Waals surface area contributed by atoms with E-state index in [9.17, 15) is 37.2 Å². The van der Waals surface area contributed by atoms with Gasteiger partial charge in [-0.25, -0.2) is 18.5 Å². The highest BCUT2D eigenvalue weighted by Crippen LogP contribution is 2.32. The normalized spacial score (nSPS) is 12.0. The second-order valence-electron chi connectivity index (χ2n) is 8.74. The molecule has 9 nitrogen and oxygen atoms in total. The van der Waals surface area contributed by atoms with Gasteiger partial charge in [-0.15, -0.1) is 0 Å². The lowest BCUT2D eigenvalue weighted by atomic mass is 10.1. The number of fused-ring (bicyclic) bond motifs is 1. The van der Waals surface area contributed by atoms with E-state index < -0.39 is 46.7 Å². The summed E-state index contributed by atoms with van der Waals surface area (Å²) in [6, 6.07) is 13.3. The zero-order valence-electron chi connectivity index (χ0n) is 21.8. The predicted molar refractivity (Wildman–Crippen MR) is 138 cm³/mol. The van der Waals surface area contributed by atoms with Crippen LogP contribution >= 0.6 is 0 Å². The second-order valence-corrected chi connectivity index (χ2v) is 8.74. The molecule has 0 fully saturated rings. The number of alkyl halides is 3. The lowest BCUT2D eigenvalue weighted by Crippen LogP contribution is -2.41. The molecule has 0 saturated carbocycles. The molecule has 0 amide bonds. The maximum atomic E-state index is 14.9. The lowest BCUT2D eigenvalue weighted by Gasteiger charge is -2.16. The molecule has 1 heterocycles. The van der Waals surface area contributed by atoms with Crippen LogP contribution in [0.15, 0.2) is 64.2 Å². The third-order valence-electron chi connectivity index (χ3n) is 5.96. The summed E-state index contributed by atoms with van der Waals surface area (Å²) in [6.07, 6.45) is -5.83. The van der Waals surface area contributed by atoms with E-state index in [1.54, 1.807) is 50.2 Å². The molecule has 41 heavy (non-hydrogen) atoms. The summed E-state index contributed by atoms with van der Waals surface area (Å²) in [5.41, 5.74) is -5.36. The number of carbonyl (C=O) groups excluding carboxylic acids is 1. The van der Waals surface area contributed by atoms with Crippen molar-refractivity contribution in [2.75, 3.05) is 6.61 Å². The van der Waals surface area contributed by atoms with Crippen LogP contribution < -0.4 is 20.7 Å². The largest absolute Gasteiger partial charge is 0.479 e. The summed E-state index contributed by atoms with van der Waals surface area (Å²) < 4.78 is 71.3. The molecule has 212 valence electrons. The summed E-state index contributed by atoms with van der Waals surface area (Å²) in [6.45, 7) is 3.45. The molecule has 0 radical (unpaired) electrons. The number of rotatable bonds is 7. The fourth-order valence-electron chi connectivity index (χ4n) is 3.98. The van der Waals surface area contributed by atoms with Crippen molar-refractivity contribution in [3.05, 3.63) is 92.5 Å². The summed E-state index contributed by atoms with van der Waals surface area (Å²) in [5.74, 6) is -1.37. The summed E-state index contributed by atoms with van der Waals surface area (Å²) in [4.78, 5) is 37.0. The van der Waals surface area contributed by atoms with Gasteiger partial charge < -0.3 is 14.2 Å². The van der Waals surface area contributed by atoms with Crippen molar-refractivity contribution in [3.63, 3.8) is 0 Å². The number of esters is 1. The number of halogens is 4. The van der Waals surface area contributed by atoms with Crippen molar-refractivity contribution in [3.8, 4) is 29.0 Å². The number of nitriles is 1. The van der Waals surface area contributed by atoms with Gasteiger partial charge in [0, 0.05) is 19.2 Å². The van der Waals surface area contributed by atoms with Crippen LogP contribution in [0, 0.1) is 17.1 Å². The second kappa shape index (κ2) is 11.2. The number of nitrogens with zero attached hydrogens (tertiary/aromatic N) is 3. The Kier molecular flexibility index (Phi) is 7.86. The van der Waals surface area contributed by atoms with Gasteiger partial charge in [0.15, 0.2) is 6.10 Å². The zero-order valence-corrected chi connectivity index (χ0v) is 21.8. The van der Waals surface area contributed by atoms with Gasteiger partial charge in [-0.05, 0) is 55.0 Å². The Morgan fingerprint density at radius 2 is 1.66 bits per heavy atom.